The number of thioether (sulfide) groups is 1. The van der Waals surface area contributed by atoms with Crippen molar-refractivity contribution in [3.63, 3.8) is 0 Å². The van der Waals surface area contributed by atoms with Crippen molar-refractivity contribution in [2.24, 2.45) is 5.73 Å². The number of nitrogens with zero attached hydrogens (tertiary/aromatic N) is 2. The molecule has 1 aromatic carbocycles. The number of halogens is 3. The number of hydrogen-bond acceptors (Lipinski definition) is 5. The third kappa shape index (κ3) is 6.01. The standard InChI is InChI=1S/C17H23F3N4O4S2/c1-29-11-6-14(22-16(21)26)15(25)23-7-9-24(10-8-23)30(27,28)13-4-2-12(3-5-13)17(18,19)20/h2-5,14H,6-11H2,1H3,(H3,21,22,26)/t14-/m1/s1. The summed E-state index contributed by atoms with van der Waals surface area (Å²) in [6.45, 7) is 0.158. The first kappa shape index (κ1) is 24.3. The van der Waals surface area contributed by atoms with Crippen molar-refractivity contribution in [2.45, 2.75) is 23.5 Å². The van der Waals surface area contributed by atoms with Gasteiger partial charge in [0.1, 0.15) is 6.04 Å². The third-order valence-corrected chi connectivity index (χ3v) is 7.15. The van der Waals surface area contributed by atoms with E-state index in [0.717, 1.165) is 28.6 Å². The summed E-state index contributed by atoms with van der Waals surface area (Å²) in [6, 6.07) is 1.67. The number of primary amides is 1. The second-order valence-electron chi connectivity index (χ2n) is 6.59. The van der Waals surface area contributed by atoms with Crippen molar-refractivity contribution in [3.8, 4) is 0 Å². The van der Waals surface area contributed by atoms with Gasteiger partial charge in [-0.2, -0.15) is 29.2 Å². The maximum Gasteiger partial charge on any atom is 0.416 e. The van der Waals surface area contributed by atoms with E-state index in [1.165, 1.54) is 16.7 Å². The number of alkyl halides is 3. The van der Waals surface area contributed by atoms with Crippen LogP contribution in [0.4, 0.5) is 18.0 Å². The fourth-order valence-corrected chi connectivity index (χ4v) is 4.89. The van der Waals surface area contributed by atoms with Crippen molar-refractivity contribution >= 4 is 33.7 Å². The van der Waals surface area contributed by atoms with Crippen LogP contribution in [0, 0.1) is 0 Å². The number of hydrogen-bond donors (Lipinski definition) is 2. The predicted octanol–water partition coefficient (Wildman–Crippen LogP) is 1.33. The van der Waals surface area contributed by atoms with Crippen LogP contribution in [0.2, 0.25) is 0 Å². The number of nitrogens with one attached hydrogen (secondary N) is 1. The summed E-state index contributed by atoms with van der Waals surface area (Å²) in [6.07, 6.45) is -2.32. The van der Waals surface area contributed by atoms with Gasteiger partial charge >= 0.3 is 12.2 Å². The number of rotatable bonds is 7. The third-order valence-electron chi connectivity index (χ3n) is 4.59. The van der Waals surface area contributed by atoms with E-state index in [2.05, 4.69) is 5.32 Å². The van der Waals surface area contributed by atoms with E-state index in [1.807, 2.05) is 6.26 Å². The highest BCUT2D eigenvalue weighted by Gasteiger charge is 2.34. The van der Waals surface area contributed by atoms with E-state index in [1.54, 1.807) is 0 Å². The molecule has 2 rings (SSSR count). The van der Waals surface area contributed by atoms with Crippen molar-refractivity contribution in [1.29, 1.82) is 0 Å². The number of sulfonamides is 1. The van der Waals surface area contributed by atoms with E-state index in [0.29, 0.717) is 12.2 Å². The van der Waals surface area contributed by atoms with E-state index >= 15 is 0 Å². The molecule has 0 radical (unpaired) electrons. The lowest BCUT2D eigenvalue weighted by Crippen LogP contribution is -2.56. The van der Waals surface area contributed by atoms with Gasteiger partial charge in [0, 0.05) is 26.2 Å². The van der Waals surface area contributed by atoms with E-state index in [4.69, 9.17) is 5.73 Å². The Morgan fingerprint density at radius 2 is 1.73 bits per heavy atom. The zero-order chi connectivity index (χ0) is 22.5. The number of urea groups is 1. The van der Waals surface area contributed by atoms with Crippen LogP contribution in [0.15, 0.2) is 29.2 Å². The molecule has 0 unspecified atom stereocenters. The first-order valence-corrected chi connectivity index (χ1v) is 11.8. The molecular formula is C17H23F3N4O4S2. The number of amides is 3. The summed E-state index contributed by atoms with van der Waals surface area (Å²) in [5.74, 6) is 0.272. The van der Waals surface area contributed by atoms with Gasteiger partial charge in [-0.1, -0.05) is 0 Å². The Morgan fingerprint density at radius 1 is 1.17 bits per heavy atom. The Labute approximate surface area is 177 Å². The smallest absolute Gasteiger partial charge is 0.352 e. The summed E-state index contributed by atoms with van der Waals surface area (Å²) in [7, 11) is -3.99. The minimum Gasteiger partial charge on any atom is -0.352 e. The van der Waals surface area contributed by atoms with Crippen LogP contribution in [0.3, 0.4) is 0 Å². The Balaban J connectivity index is 2.04. The molecule has 1 atom stereocenters. The molecule has 0 spiro atoms. The monoisotopic (exact) mass is 468 g/mol. The first-order valence-electron chi connectivity index (χ1n) is 8.98. The number of carbonyl (C=O) groups excluding carboxylic acids is 2. The van der Waals surface area contributed by atoms with E-state index in [9.17, 15) is 31.2 Å². The Hall–Kier alpha value is -1.99. The quantitative estimate of drug-likeness (QED) is 0.627. The number of carbonyl (C=O) groups is 2. The lowest BCUT2D eigenvalue weighted by molar-refractivity contribution is -0.137. The zero-order valence-electron chi connectivity index (χ0n) is 16.2. The summed E-state index contributed by atoms with van der Waals surface area (Å²) >= 11 is 1.50. The first-order chi connectivity index (χ1) is 14.0. The minimum absolute atomic E-state index is 0.0130. The molecule has 1 heterocycles. The SMILES string of the molecule is CSCC[C@@H](NC(N)=O)C(=O)N1CCN(S(=O)(=O)c2ccc(C(F)(F)F)cc2)CC1. The van der Waals surface area contributed by atoms with Gasteiger partial charge in [-0.05, 0) is 42.7 Å². The fourth-order valence-electron chi connectivity index (χ4n) is 3.00. The molecule has 3 N–H and O–H groups in total. The molecule has 30 heavy (non-hydrogen) atoms. The van der Waals surface area contributed by atoms with Crippen LogP contribution in [0.25, 0.3) is 0 Å². The molecule has 0 bridgehead atoms. The average Bonchev–Trinajstić information content (AvgIpc) is 2.70. The van der Waals surface area contributed by atoms with Crippen molar-refractivity contribution in [1.82, 2.24) is 14.5 Å². The molecule has 168 valence electrons. The number of nitrogens with two attached hydrogens (primary N) is 1. The largest absolute Gasteiger partial charge is 0.416 e. The molecule has 1 saturated heterocycles. The lowest BCUT2D eigenvalue weighted by Gasteiger charge is -2.35. The fraction of sp³-hybridized carbons (Fsp3) is 0.529. The lowest BCUT2D eigenvalue weighted by atomic mass is 10.2. The summed E-state index contributed by atoms with van der Waals surface area (Å²) < 4.78 is 64.6. The van der Waals surface area contributed by atoms with Gasteiger partial charge in [-0.25, -0.2) is 13.2 Å². The highest BCUT2D eigenvalue weighted by atomic mass is 32.2. The maximum absolute atomic E-state index is 12.7. The second-order valence-corrected chi connectivity index (χ2v) is 9.52. The van der Waals surface area contributed by atoms with Gasteiger partial charge in [0.2, 0.25) is 15.9 Å². The van der Waals surface area contributed by atoms with Crippen LogP contribution in [0.5, 0.6) is 0 Å². The van der Waals surface area contributed by atoms with Crippen molar-refractivity contribution in [3.05, 3.63) is 29.8 Å². The summed E-state index contributed by atoms with van der Waals surface area (Å²) in [4.78, 5) is 25.0. The molecule has 0 aromatic heterocycles. The highest BCUT2D eigenvalue weighted by molar-refractivity contribution is 7.98. The van der Waals surface area contributed by atoms with Gasteiger partial charge in [-0.15, -0.1) is 0 Å². The van der Waals surface area contributed by atoms with Gasteiger partial charge in [0.25, 0.3) is 0 Å². The van der Waals surface area contributed by atoms with Crippen molar-refractivity contribution in [2.75, 3.05) is 38.2 Å². The Morgan fingerprint density at radius 3 is 2.20 bits per heavy atom. The molecule has 1 aliphatic heterocycles. The van der Waals surface area contributed by atoms with Gasteiger partial charge in [0.05, 0.1) is 10.5 Å². The van der Waals surface area contributed by atoms with E-state index in [-0.39, 0.29) is 37.0 Å². The molecular weight excluding hydrogens is 445 g/mol. The van der Waals surface area contributed by atoms with Gasteiger partial charge in [-0.3, -0.25) is 4.79 Å². The topological polar surface area (TPSA) is 113 Å². The Bertz CT molecular complexity index is 855. The predicted molar refractivity (Wildman–Crippen MR) is 106 cm³/mol. The van der Waals surface area contributed by atoms with Crippen molar-refractivity contribution < 1.29 is 31.2 Å². The van der Waals surface area contributed by atoms with Crippen LogP contribution < -0.4 is 11.1 Å². The van der Waals surface area contributed by atoms with Crippen LogP contribution in [-0.4, -0.2) is 73.8 Å². The van der Waals surface area contributed by atoms with Gasteiger partial charge in [0.15, 0.2) is 0 Å². The molecule has 3 amide bonds. The zero-order valence-corrected chi connectivity index (χ0v) is 17.8. The summed E-state index contributed by atoms with van der Waals surface area (Å²) in [5.41, 5.74) is 4.19. The average molecular weight is 469 g/mol. The van der Waals surface area contributed by atoms with Crippen LogP contribution in [-0.2, 0) is 21.0 Å². The Kier molecular flexibility index (Phi) is 7.99. The molecule has 0 aliphatic carbocycles. The molecule has 1 fully saturated rings. The molecule has 13 heteroatoms. The summed E-state index contributed by atoms with van der Waals surface area (Å²) in [5, 5.41) is 2.41. The molecule has 1 aliphatic rings. The van der Waals surface area contributed by atoms with Crippen LogP contribution >= 0.6 is 11.8 Å². The maximum atomic E-state index is 12.7. The number of benzene rings is 1. The molecule has 0 saturated carbocycles. The second kappa shape index (κ2) is 9.88. The highest BCUT2D eigenvalue weighted by Crippen LogP contribution is 2.30. The van der Waals surface area contributed by atoms with Crippen LogP contribution in [0.1, 0.15) is 12.0 Å². The minimum atomic E-state index is -4.56. The van der Waals surface area contributed by atoms with Gasteiger partial charge < -0.3 is 16.0 Å². The molecule has 1 aromatic rings. The van der Waals surface area contributed by atoms with E-state index < -0.39 is 33.8 Å². The number of piperazine rings is 1. The molecule has 8 nitrogen and oxygen atoms in total. The normalized spacial score (nSPS) is 16.9.